The summed E-state index contributed by atoms with van der Waals surface area (Å²) in [5, 5.41) is 11.7. The largest absolute Gasteiger partial charge is 0.315 e. The molecule has 80 valence electrons. The van der Waals surface area contributed by atoms with E-state index in [4.69, 9.17) is 5.26 Å². The van der Waals surface area contributed by atoms with Gasteiger partial charge in [0.15, 0.2) is 0 Å². The second-order valence-corrected chi connectivity index (χ2v) is 3.99. The van der Waals surface area contributed by atoms with E-state index in [2.05, 4.69) is 23.2 Å². The lowest BCUT2D eigenvalue weighted by Crippen LogP contribution is -2.37. The quantitative estimate of drug-likeness (QED) is 0.670. The summed E-state index contributed by atoms with van der Waals surface area (Å²) < 4.78 is 0. The van der Waals surface area contributed by atoms with Crippen molar-refractivity contribution in [3.05, 3.63) is 0 Å². The van der Waals surface area contributed by atoms with Gasteiger partial charge in [-0.05, 0) is 44.9 Å². The van der Waals surface area contributed by atoms with Gasteiger partial charge in [-0.25, -0.2) is 0 Å². The summed E-state index contributed by atoms with van der Waals surface area (Å²) in [5.74, 6) is 0.830. The minimum atomic E-state index is 0.633. The van der Waals surface area contributed by atoms with Crippen LogP contribution in [-0.2, 0) is 0 Å². The Morgan fingerprint density at radius 1 is 1.43 bits per heavy atom. The highest BCUT2D eigenvalue weighted by Crippen LogP contribution is 2.15. The Bertz CT molecular complexity index is 177. The molecule has 1 aliphatic rings. The van der Waals surface area contributed by atoms with Crippen LogP contribution in [0.5, 0.6) is 0 Å². The molecule has 1 N–H and O–H groups in total. The summed E-state index contributed by atoms with van der Waals surface area (Å²) in [6, 6.07) is 2.15. The second-order valence-electron chi connectivity index (χ2n) is 3.99. The summed E-state index contributed by atoms with van der Waals surface area (Å²) in [7, 11) is 0. The molecule has 1 saturated heterocycles. The summed E-state index contributed by atoms with van der Waals surface area (Å²) in [6.07, 6.45) is 3.26. The maximum atomic E-state index is 8.37. The zero-order chi connectivity index (χ0) is 10.2. The first kappa shape index (κ1) is 11.5. The molecule has 0 saturated carbocycles. The fourth-order valence-corrected chi connectivity index (χ4v) is 1.96. The van der Waals surface area contributed by atoms with Crippen molar-refractivity contribution >= 4 is 0 Å². The smallest absolute Gasteiger partial charge is 0.0635 e. The molecule has 0 radical (unpaired) electrons. The Balaban J connectivity index is 2.02. The number of nitriles is 1. The first-order valence-electron chi connectivity index (χ1n) is 5.66. The van der Waals surface area contributed by atoms with Gasteiger partial charge in [0.05, 0.1) is 6.07 Å². The average molecular weight is 195 g/mol. The van der Waals surface area contributed by atoms with Crippen LogP contribution in [0.15, 0.2) is 0 Å². The number of hydrogen-bond donors (Lipinski definition) is 1. The van der Waals surface area contributed by atoms with Crippen LogP contribution in [0.1, 0.15) is 26.2 Å². The molecule has 0 amide bonds. The van der Waals surface area contributed by atoms with E-state index < -0.39 is 0 Å². The Kier molecular flexibility index (Phi) is 5.58. The highest BCUT2D eigenvalue weighted by atomic mass is 15.1. The van der Waals surface area contributed by atoms with E-state index in [1.54, 1.807) is 0 Å². The van der Waals surface area contributed by atoms with Crippen LogP contribution in [0.3, 0.4) is 0 Å². The van der Waals surface area contributed by atoms with Gasteiger partial charge in [-0.15, -0.1) is 0 Å². The van der Waals surface area contributed by atoms with Gasteiger partial charge in [-0.2, -0.15) is 5.26 Å². The molecule has 3 nitrogen and oxygen atoms in total. The second kappa shape index (κ2) is 6.80. The monoisotopic (exact) mass is 195 g/mol. The van der Waals surface area contributed by atoms with E-state index in [1.807, 2.05) is 0 Å². The molecule has 0 aromatic heterocycles. The molecule has 0 aromatic rings. The topological polar surface area (TPSA) is 39.1 Å². The minimum absolute atomic E-state index is 0.633. The van der Waals surface area contributed by atoms with Crippen molar-refractivity contribution in [3.63, 3.8) is 0 Å². The predicted molar refractivity (Wildman–Crippen MR) is 57.9 cm³/mol. The van der Waals surface area contributed by atoms with Crippen molar-refractivity contribution in [3.8, 4) is 6.07 Å². The number of likely N-dealkylation sites (tertiary alicyclic amines) is 1. The normalized spacial score (nSPS) is 19.4. The van der Waals surface area contributed by atoms with E-state index in [9.17, 15) is 0 Å². The molecular weight excluding hydrogens is 174 g/mol. The summed E-state index contributed by atoms with van der Waals surface area (Å²) in [6.45, 7) is 7.87. The molecule has 0 aliphatic carbocycles. The first-order valence-corrected chi connectivity index (χ1v) is 5.66. The molecule has 0 spiro atoms. The third-order valence-electron chi connectivity index (χ3n) is 3.00. The van der Waals surface area contributed by atoms with Crippen LogP contribution in [0.4, 0.5) is 0 Å². The molecule has 1 heterocycles. The highest BCUT2D eigenvalue weighted by molar-refractivity contribution is 4.75. The molecule has 3 heteroatoms. The fourth-order valence-electron chi connectivity index (χ4n) is 1.96. The molecule has 1 rings (SSSR count). The van der Waals surface area contributed by atoms with Crippen LogP contribution in [0, 0.1) is 17.2 Å². The number of nitrogens with one attached hydrogen (secondary N) is 1. The van der Waals surface area contributed by atoms with Crippen LogP contribution in [-0.4, -0.2) is 37.6 Å². The molecule has 1 aliphatic heterocycles. The third kappa shape index (κ3) is 4.08. The molecule has 0 atom stereocenters. The Labute approximate surface area is 87.1 Å². The zero-order valence-corrected chi connectivity index (χ0v) is 9.13. The van der Waals surface area contributed by atoms with Gasteiger partial charge >= 0.3 is 0 Å². The van der Waals surface area contributed by atoms with Crippen molar-refractivity contribution in [2.24, 2.45) is 5.92 Å². The molecule has 0 bridgehead atoms. The summed E-state index contributed by atoms with van der Waals surface area (Å²) in [5.41, 5.74) is 0. The van der Waals surface area contributed by atoms with Gasteiger partial charge in [-0.1, -0.05) is 6.92 Å². The molecule has 1 fully saturated rings. The predicted octanol–water partition coefficient (Wildman–Crippen LogP) is 1.22. The lowest BCUT2D eigenvalue weighted by molar-refractivity contribution is 0.190. The first-order chi connectivity index (χ1) is 6.86. The Morgan fingerprint density at radius 3 is 2.71 bits per heavy atom. The lowest BCUT2D eigenvalue weighted by atomic mass is 9.97. The van der Waals surface area contributed by atoms with E-state index >= 15 is 0 Å². The fraction of sp³-hybridized carbons (Fsp3) is 0.909. The highest BCUT2D eigenvalue weighted by Gasteiger charge is 2.16. The maximum absolute atomic E-state index is 8.37. The SMILES string of the molecule is CCN1CCC(CNCCC#N)CC1. The van der Waals surface area contributed by atoms with Crippen LogP contribution < -0.4 is 5.32 Å². The lowest BCUT2D eigenvalue weighted by Gasteiger charge is -2.31. The minimum Gasteiger partial charge on any atom is -0.315 e. The van der Waals surface area contributed by atoms with Crippen molar-refractivity contribution in [1.82, 2.24) is 10.2 Å². The third-order valence-corrected chi connectivity index (χ3v) is 3.00. The molecule has 0 unspecified atom stereocenters. The standard InChI is InChI=1S/C11H21N3/c1-2-14-8-4-11(5-9-14)10-13-7-3-6-12/h11,13H,2-5,7-10H2,1H3. The van der Waals surface area contributed by atoms with Crippen LogP contribution in [0.25, 0.3) is 0 Å². The van der Waals surface area contributed by atoms with E-state index in [1.165, 1.54) is 32.5 Å². The molecule has 0 aromatic carbocycles. The average Bonchev–Trinajstić information content (AvgIpc) is 2.25. The maximum Gasteiger partial charge on any atom is 0.0635 e. The number of hydrogen-bond acceptors (Lipinski definition) is 3. The van der Waals surface area contributed by atoms with Crippen molar-refractivity contribution in [2.45, 2.75) is 26.2 Å². The Morgan fingerprint density at radius 2 is 2.14 bits per heavy atom. The van der Waals surface area contributed by atoms with Gasteiger partial charge in [0, 0.05) is 13.0 Å². The van der Waals surface area contributed by atoms with Gasteiger partial charge in [0.25, 0.3) is 0 Å². The Hall–Kier alpha value is -0.590. The molecular formula is C11H21N3. The van der Waals surface area contributed by atoms with Crippen molar-refractivity contribution in [1.29, 1.82) is 5.26 Å². The zero-order valence-electron chi connectivity index (χ0n) is 9.13. The van der Waals surface area contributed by atoms with Gasteiger partial charge < -0.3 is 10.2 Å². The van der Waals surface area contributed by atoms with Crippen molar-refractivity contribution in [2.75, 3.05) is 32.7 Å². The van der Waals surface area contributed by atoms with Gasteiger partial charge in [-0.3, -0.25) is 0 Å². The van der Waals surface area contributed by atoms with Crippen LogP contribution in [0.2, 0.25) is 0 Å². The molecule has 14 heavy (non-hydrogen) atoms. The van der Waals surface area contributed by atoms with Crippen molar-refractivity contribution < 1.29 is 0 Å². The van der Waals surface area contributed by atoms with E-state index in [0.717, 1.165) is 19.0 Å². The van der Waals surface area contributed by atoms with E-state index in [0.29, 0.717) is 6.42 Å². The number of rotatable bonds is 5. The van der Waals surface area contributed by atoms with Gasteiger partial charge in [0.2, 0.25) is 0 Å². The van der Waals surface area contributed by atoms with Gasteiger partial charge in [0.1, 0.15) is 0 Å². The number of nitrogens with zero attached hydrogens (tertiary/aromatic N) is 2. The summed E-state index contributed by atoms with van der Waals surface area (Å²) >= 11 is 0. The van der Waals surface area contributed by atoms with E-state index in [-0.39, 0.29) is 0 Å². The summed E-state index contributed by atoms with van der Waals surface area (Å²) in [4.78, 5) is 2.51. The van der Waals surface area contributed by atoms with Crippen LogP contribution >= 0.6 is 0 Å². The number of piperidine rings is 1.